The molecule has 2 atom stereocenters. The molecule has 1 aliphatic rings. The van der Waals surface area contributed by atoms with E-state index >= 15 is 0 Å². The molecule has 2 unspecified atom stereocenters. The van der Waals surface area contributed by atoms with Crippen LogP contribution in [0.5, 0.6) is 0 Å². The fourth-order valence-electron chi connectivity index (χ4n) is 2.66. The van der Waals surface area contributed by atoms with Gasteiger partial charge >= 0.3 is 5.97 Å². The third-order valence-electron chi connectivity index (χ3n) is 3.72. The highest BCUT2D eigenvalue weighted by molar-refractivity contribution is 5.68. The summed E-state index contributed by atoms with van der Waals surface area (Å²) in [6, 6.07) is 0. The number of aliphatic hydroxyl groups excluding tert-OH is 1. The SMILES string of the molecule is C=C1CCCCC1(CC(=O)O)CC(O)CC. The summed E-state index contributed by atoms with van der Waals surface area (Å²) in [5.74, 6) is -0.786. The Kier molecular flexibility index (Phi) is 4.54. The second-order valence-corrected chi connectivity index (χ2v) is 4.93. The summed E-state index contributed by atoms with van der Waals surface area (Å²) in [6.45, 7) is 5.96. The highest BCUT2D eigenvalue weighted by Gasteiger charge is 2.38. The van der Waals surface area contributed by atoms with E-state index in [4.69, 9.17) is 5.11 Å². The number of hydrogen-bond donors (Lipinski definition) is 2. The van der Waals surface area contributed by atoms with E-state index in [-0.39, 0.29) is 11.8 Å². The van der Waals surface area contributed by atoms with Gasteiger partial charge in [-0.2, -0.15) is 0 Å². The zero-order chi connectivity index (χ0) is 12.2. The molecule has 92 valence electrons. The molecule has 3 heteroatoms. The molecule has 1 saturated carbocycles. The number of aliphatic hydroxyl groups is 1. The minimum absolute atomic E-state index is 0.114. The predicted octanol–water partition coefficient (Wildman–Crippen LogP) is 2.74. The molecule has 0 radical (unpaired) electrons. The zero-order valence-electron chi connectivity index (χ0n) is 10.0. The van der Waals surface area contributed by atoms with Crippen LogP contribution in [-0.4, -0.2) is 22.3 Å². The Bertz CT molecular complexity index is 272. The van der Waals surface area contributed by atoms with E-state index in [9.17, 15) is 9.90 Å². The van der Waals surface area contributed by atoms with E-state index < -0.39 is 12.1 Å². The van der Waals surface area contributed by atoms with Crippen LogP contribution in [-0.2, 0) is 4.79 Å². The number of carboxylic acid groups (broad SMARTS) is 1. The maximum Gasteiger partial charge on any atom is 0.304 e. The summed E-state index contributed by atoms with van der Waals surface area (Å²) in [5, 5.41) is 18.8. The van der Waals surface area contributed by atoms with Crippen molar-refractivity contribution in [2.75, 3.05) is 0 Å². The van der Waals surface area contributed by atoms with Crippen molar-refractivity contribution in [1.29, 1.82) is 0 Å². The number of hydrogen-bond acceptors (Lipinski definition) is 2. The monoisotopic (exact) mass is 226 g/mol. The first-order chi connectivity index (χ1) is 7.50. The van der Waals surface area contributed by atoms with E-state index in [2.05, 4.69) is 6.58 Å². The minimum Gasteiger partial charge on any atom is -0.481 e. The predicted molar refractivity (Wildman–Crippen MR) is 63.2 cm³/mol. The molecule has 1 rings (SSSR count). The number of rotatable bonds is 5. The van der Waals surface area contributed by atoms with Crippen molar-refractivity contribution >= 4 is 5.97 Å². The van der Waals surface area contributed by atoms with Gasteiger partial charge in [-0.05, 0) is 32.1 Å². The molecule has 1 aliphatic carbocycles. The van der Waals surface area contributed by atoms with Gasteiger partial charge < -0.3 is 10.2 Å². The molecule has 0 aromatic carbocycles. The van der Waals surface area contributed by atoms with Gasteiger partial charge in [0.1, 0.15) is 0 Å². The van der Waals surface area contributed by atoms with Gasteiger partial charge in [0.2, 0.25) is 0 Å². The molecule has 2 N–H and O–H groups in total. The molecule has 0 saturated heterocycles. The van der Waals surface area contributed by atoms with Gasteiger partial charge in [0.25, 0.3) is 0 Å². The smallest absolute Gasteiger partial charge is 0.304 e. The Morgan fingerprint density at radius 1 is 1.56 bits per heavy atom. The van der Waals surface area contributed by atoms with Crippen molar-refractivity contribution in [3.63, 3.8) is 0 Å². The van der Waals surface area contributed by atoms with Crippen LogP contribution in [0.4, 0.5) is 0 Å². The third-order valence-corrected chi connectivity index (χ3v) is 3.72. The van der Waals surface area contributed by atoms with Gasteiger partial charge in [-0.3, -0.25) is 4.79 Å². The van der Waals surface area contributed by atoms with Gasteiger partial charge in [-0.15, -0.1) is 0 Å². The summed E-state index contributed by atoms with van der Waals surface area (Å²) in [7, 11) is 0. The lowest BCUT2D eigenvalue weighted by atomic mass is 9.65. The summed E-state index contributed by atoms with van der Waals surface area (Å²) < 4.78 is 0. The quantitative estimate of drug-likeness (QED) is 0.709. The first kappa shape index (κ1) is 13.2. The average molecular weight is 226 g/mol. The highest BCUT2D eigenvalue weighted by atomic mass is 16.4. The molecule has 1 fully saturated rings. The Hall–Kier alpha value is -0.830. The average Bonchev–Trinajstić information content (AvgIpc) is 2.21. The van der Waals surface area contributed by atoms with Gasteiger partial charge in [0, 0.05) is 5.41 Å². The molecular weight excluding hydrogens is 204 g/mol. The van der Waals surface area contributed by atoms with Gasteiger partial charge in [0.15, 0.2) is 0 Å². The molecule has 0 aliphatic heterocycles. The van der Waals surface area contributed by atoms with Crippen molar-refractivity contribution in [3.05, 3.63) is 12.2 Å². The van der Waals surface area contributed by atoms with Gasteiger partial charge in [0.05, 0.1) is 12.5 Å². The largest absolute Gasteiger partial charge is 0.481 e. The van der Waals surface area contributed by atoms with Crippen molar-refractivity contribution in [2.45, 2.75) is 58.0 Å². The molecular formula is C13H22O3. The van der Waals surface area contributed by atoms with Crippen LogP contribution in [0, 0.1) is 5.41 Å². The van der Waals surface area contributed by atoms with E-state index in [0.717, 1.165) is 31.3 Å². The summed E-state index contributed by atoms with van der Waals surface area (Å²) >= 11 is 0. The Morgan fingerprint density at radius 3 is 2.75 bits per heavy atom. The number of allylic oxidation sites excluding steroid dienone is 1. The summed E-state index contributed by atoms with van der Waals surface area (Å²) in [5.41, 5.74) is 0.660. The molecule has 16 heavy (non-hydrogen) atoms. The van der Waals surface area contributed by atoms with Crippen molar-refractivity contribution in [2.24, 2.45) is 5.41 Å². The van der Waals surface area contributed by atoms with Crippen LogP contribution in [0.2, 0.25) is 0 Å². The van der Waals surface area contributed by atoms with Crippen molar-refractivity contribution in [3.8, 4) is 0 Å². The number of carboxylic acids is 1. The molecule has 0 heterocycles. The molecule has 0 aromatic heterocycles. The lowest BCUT2D eigenvalue weighted by Gasteiger charge is -2.39. The maximum atomic E-state index is 11.0. The molecule has 0 amide bonds. The standard InChI is InChI=1S/C13H22O3/c1-3-11(14)8-13(9-12(15)16)7-5-4-6-10(13)2/h11,14H,2-9H2,1H3,(H,15,16). The number of aliphatic carboxylic acids is 1. The second kappa shape index (κ2) is 5.48. The lowest BCUT2D eigenvalue weighted by molar-refractivity contribution is -0.140. The zero-order valence-corrected chi connectivity index (χ0v) is 10.0. The molecule has 3 nitrogen and oxygen atoms in total. The van der Waals surface area contributed by atoms with Crippen molar-refractivity contribution < 1.29 is 15.0 Å². The first-order valence-corrected chi connectivity index (χ1v) is 6.08. The van der Waals surface area contributed by atoms with Gasteiger partial charge in [-0.25, -0.2) is 0 Å². The van der Waals surface area contributed by atoms with E-state index in [1.807, 2.05) is 6.92 Å². The fraction of sp³-hybridized carbons (Fsp3) is 0.769. The van der Waals surface area contributed by atoms with E-state index in [1.165, 1.54) is 0 Å². The minimum atomic E-state index is -0.786. The van der Waals surface area contributed by atoms with Crippen LogP contribution in [0.25, 0.3) is 0 Å². The topological polar surface area (TPSA) is 57.5 Å². The second-order valence-electron chi connectivity index (χ2n) is 4.93. The van der Waals surface area contributed by atoms with E-state index in [0.29, 0.717) is 12.8 Å². The third kappa shape index (κ3) is 3.08. The Labute approximate surface area is 97.2 Å². The Morgan fingerprint density at radius 2 is 2.25 bits per heavy atom. The van der Waals surface area contributed by atoms with E-state index in [1.54, 1.807) is 0 Å². The fourth-order valence-corrected chi connectivity index (χ4v) is 2.66. The van der Waals surface area contributed by atoms with Crippen molar-refractivity contribution in [1.82, 2.24) is 0 Å². The Balaban J connectivity index is 2.81. The summed E-state index contributed by atoms with van der Waals surface area (Å²) in [4.78, 5) is 11.0. The summed E-state index contributed by atoms with van der Waals surface area (Å²) in [6.07, 6.45) is 4.84. The van der Waals surface area contributed by atoms with Crippen LogP contribution in [0.3, 0.4) is 0 Å². The lowest BCUT2D eigenvalue weighted by Crippen LogP contribution is -2.33. The maximum absolute atomic E-state index is 11.0. The highest BCUT2D eigenvalue weighted by Crippen LogP contribution is 2.46. The number of carbonyl (C=O) groups is 1. The van der Waals surface area contributed by atoms with Crippen LogP contribution in [0.15, 0.2) is 12.2 Å². The normalized spacial score (nSPS) is 27.8. The van der Waals surface area contributed by atoms with Gasteiger partial charge in [-0.1, -0.05) is 25.5 Å². The molecule has 0 bridgehead atoms. The van der Waals surface area contributed by atoms with Crippen LogP contribution < -0.4 is 0 Å². The van der Waals surface area contributed by atoms with Crippen LogP contribution >= 0.6 is 0 Å². The molecule has 0 spiro atoms. The van der Waals surface area contributed by atoms with Crippen LogP contribution in [0.1, 0.15) is 51.9 Å². The first-order valence-electron chi connectivity index (χ1n) is 6.08. The molecule has 0 aromatic rings.